The van der Waals surface area contributed by atoms with Crippen molar-refractivity contribution in [3.05, 3.63) is 35.4 Å². The number of benzene rings is 1. The first-order valence-corrected chi connectivity index (χ1v) is 4.63. The Hall–Kier alpha value is -1.42. The lowest BCUT2D eigenvalue weighted by Gasteiger charge is -2.04. The summed E-state index contributed by atoms with van der Waals surface area (Å²) in [5.74, 6) is -0.151. The van der Waals surface area contributed by atoms with Crippen LogP contribution in [0, 0.1) is 6.92 Å². The first-order valence-electron chi connectivity index (χ1n) is 4.23. The normalized spacial score (nSPS) is 9.50. The number of rotatable bonds is 3. The SMILES string of the molecule is Cc1cccc(C(=O)NCC(N)=S)c1. The Morgan fingerprint density at radius 1 is 1.57 bits per heavy atom. The highest BCUT2D eigenvalue weighted by atomic mass is 32.1. The largest absolute Gasteiger partial charge is 0.392 e. The molecular weight excluding hydrogens is 196 g/mol. The summed E-state index contributed by atoms with van der Waals surface area (Å²) in [5, 5.41) is 2.62. The Labute approximate surface area is 88.3 Å². The highest BCUT2D eigenvalue weighted by Crippen LogP contribution is 2.03. The zero-order chi connectivity index (χ0) is 10.6. The summed E-state index contributed by atoms with van der Waals surface area (Å²) in [4.78, 5) is 11.8. The van der Waals surface area contributed by atoms with Crippen LogP contribution < -0.4 is 11.1 Å². The maximum atomic E-state index is 11.5. The molecule has 1 rings (SSSR count). The first-order chi connectivity index (χ1) is 6.59. The average molecular weight is 208 g/mol. The van der Waals surface area contributed by atoms with E-state index in [9.17, 15) is 4.79 Å². The van der Waals surface area contributed by atoms with Gasteiger partial charge in [0.2, 0.25) is 0 Å². The molecule has 0 bridgehead atoms. The van der Waals surface area contributed by atoms with E-state index >= 15 is 0 Å². The smallest absolute Gasteiger partial charge is 0.251 e. The molecule has 0 radical (unpaired) electrons. The minimum atomic E-state index is -0.151. The van der Waals surface area contributed by atoms with E-state index in [1.54, 1.807) is 6.07 Å². The number of amides is 1. The van der Waals surface area contributed by atoms with Crippen molar-refractivity contribution in [3.63, 3.8) is 0 Å². The molecule has 1 amide bonds. The van der Waals surface area contributed by atoms with Gasteiger partial charge in [-0.15, -0.1) is 0 Å². The van der Waals surface area contributed by atoms with Crippen LogP contribution in [0.5, 0.6) is 0 Å². The first kappa shape index (κ1) is 10.7. The fourth-order valence-electron chi connectivity index (χ4n) is 1.06. The molecule has 0 saturated carbocycles. The van der Waals surface area contributed by atoms with Gasteiger partial charge in [0.1, 0.15) is 0 Å². The van der Waals surface area contributed by atoms with Gasteiger partial charge < -0.3 is 11.1 Å². The second-order valence-electron chi connectivity index (χ2n) is 3.02. The lowest BCUT2D eigenvalue weighted by molar-refractivity contribution is 0.0959. The van der Waals surface area contributed by atoms with E-state index in [-0.39, 0.29) is 17.4 Å². The summed E-state index contributed by atoms with van der Waals surface area (Å²) in [6, 6.07) is 7.34. The number of nitrogens with one attached hydrogen (secondary N) is 1. The van der Waals surface area contributed by atoms with Crippen molar-refractivity contribution >= 4 is 23.1 Å². The third-order valence-corrected chi connectivity index (χ3v) is 1.85. The predicted octanol–water partition coefficient (Wildman–Crippen LogP) is 1.01. The van der Waals surface area contributed by atoms with Gasteiger partial charge in [-0.1, -0.05) is 29.9 Å². The zero-order valence-corrected chi connectivity index (χ0v) is 8.73. The van der Waals surface area contributed by atoms with Gasteiger partial charge in [0.05, 0.1) is 11.5 Å². The van der Waals surface area contributed by atoms with Crippen LogP contribution in [-0.2, 0) is 0 Å². The van der Waals surface area contributed by atoms with Crippen LogP contribution in [-0.4, -0.2) is 17.4 Å². The highest BCUT2D eigenvalue weighted by molar-refractivity contribution is 7.80. The molecule has 0 saturated heterocycles. The quantitative estimate of drug-likeness (QED) is 0.729. The van der Waals surface area contributed by atoms with Crippen LogP contribution in [0.3, 0.4) is 0 Å². The van der Waals surface area contributed by atoms with Crippen molar-refractivity contribution in [2.75, 3.05) is 6.54 Å². The van der Waals surface area contributed by atoms with E-state index in [2.05, 4.69) is 17.5 Å². The van der Waals surface area contributed by atoms with Gasteiger partial charge in [0.25, 0.3) is 5.91 Å². The Bertz CT molecular complexity index is 363. The monoisotopic (exact) mass is 208 g/mol. The van der Waals surface area contributed by atoms with Crippen LogP contribution in [0.1, 0.15) is 15.9 Å². The average Bonchev–Trinajstić information content (AvgIpc) is 2.14. The van der Waals surface area contributed by atoms with E-state index < -0.39 is 0 Å². The topological polar surface area (TPSA) is 55.1 Å². The summed E-state index contributed by atoms with van der Waals surface area (Å²) >= 11 is 4.65. The third kappa shape index (κ3) is 3.14. The van der Waals surface area contributed by atoms with E-state index in [0.29, 0.717) is 5.56 Å². The molecule has 74 valence electrons. The molecule has 0 fully saturated rings. The van der Waals surface area contributed by atoms with Crippen LogP contribution in [0.4, 0.5) is 0 Å². The Kier molecular flexibility index (Phi) is 3.59. The zero-order valence-electron chi connectivity index (χ0n) is 7.91. The summed E-state index contributed by atoms with van der Waals surface area (Å²) in [6.45, 7) is 2.17. The van der Waals surface area contributed by atoms with Crippen molar-refractivity contribution in [2.24, 2.45) is 5.73 Å². The second kappa shape index (κ2) is 4.72. The van der Waals surface area contributed by atoms with Gasteiger partial charge in [-0.05, 0) is 19.1 Å². The molecule has 0 aliphatic carbocycles. The molecule has 0 aliphatic heterocycles. The van der Waals surface area contributed by atoms with Crippen molar-refractivity contribution in [1.29, 1.82) is 0 Å². The molecule has 0 aromatic heterocycles. The number of carbonyl (C=O) groups is 1. The van der Waals surface area contributed by atoms with Crippen molar-refractivity contribution in [2.45, 2.75) is 6.92 Å². The van der Waals surface area contributed by atoms with Gasteiger partial charge in [-0.25, -0.2) is 0 Å². The lowest BCUT2D eigenvalue weighted by Crippen LogP contribution is -2.32. The second-order valence-corrected chi connectivity index (χ2v) is 3.54. The molecule has 0 unspecified atom stereocenters. The molecule has 0 heterocycles. The van der Waals surface area contributed by atoms with E-state index in [1.807, 2.05) is 25.1 Å². The Balaban J connectivity index is 2.65. The maximum absolute atomic E-state index is 11.5. The fraction of sp³-hybridized carbons (Fsp3) is 0.200. The molecule has 0 aliphatic rings. The van der Waals surface area contributed by atoms with E-state index in [4.69, 9.17) is 5.73 Å². The van der Waals surface area contributed by atoms with Gasteiger partial charge >= 0.3 is 0 Å². The molecule has 1 aromatic rings. The predicted molar refractivity (Wildman–Crippen MR) is 60.3 cm³/mol. The number of thiocarbonyl (C=S) groups is 1. The molecule has 1 aromatic carbocycles. The number of carbonyl (C=O) groups excluding carboxylic acids is 1. The van der Waals surface area contributed by atoms with Gasteiger partial charge in [0.15, 0.2) is 0 Å². The molecule has 14 heavy (non-hydrogen) atoms. The van der Waals surface area contributed by atoms with Crippen LogP contribution in [0.2, 0.25) is 0 Å². The van der Waals surface area contributed by atoms with Gasteiger partial charge in [0, 0.05) is 5.56 Å². The van der Waals surface area contributed by atoms with Gasteiger partial charge in [-0.2, -0.15) is 0 Å². The number of aryl methyl sites for hydroxylation is 1. The summed E-state index contributed by atoms with van der Waals surface area (Å²) in [7, 11) is 0. The number of hydrogen-bond donors (Lipinski definition) is 2. The van der Waals surface area contributed by atoms with Gasteiger partial charge in [-0.3, -0.25) is 4.79 Å². The van der Waals surface area contributed by atoms with Crippen LogP contribution in [0.15, 0.2) is 24.3 Å². The molecule has 3 nitrogen and oxygen atoms in total. The van der Waals surface area contributed by atoms with Crippen molar-refractivity contribution in [1.82, 2.24) is 5.32 Å². The maximum Gasteiger partial charge on any atom is 0.251 e. The molecule has 3 N–H and O–H groups in total. The summed E-state index contributed by atoms with van der Waals surface area (Å²) < 4.78 is 0. The number of hydrogen-bond acceptors (Lipinski definition) is 2. The van der Waals surface area contributed by atoms with Crippen molar-refractivity contribution < 1.29 is 4.79 Å². The molecule has 0 spiro atoms. The Morgan fingerprint density at radius 2 is 2.29 bits per heavy atom. The standard InChI is InChI=1S/C10H12N2OS/c1-7-3-2-4-8(5-7)10(13)12-6-9(11)14/h2-5H,6H2,1H3,(H2,11,14)(H,12,13). The van der Waals surface area contributed by atoms with E-state index in [1.165, 1.54) is 0 Å². The number of nitrogens with two attached hydrogens (primary N) is 1. The summed E-state index contributed by atoms with van der Waals surface area (Å²) in [6.07, 6.45) is 0. The third-order valence-electron chi connectivity index (χ3n) is 1.70. The van der Waals surface area contributed by atoms with E-state index in [0.717, 1.165) is 5.56 Å². The highest BCUT2D eigenvalue weighted by Gasteiger charge is 2.04. The minimum absolute atomic E-state index is 0.151. The minimum Gasteiger partial charge on any atom is -0.392 e. The molecular formula is C10H12N2OS. The lowest BCUT2D eigenvalue weighted by atomic mass is 10.1. The summed E-state index contributed by atoms with van der Waals surface area (Å²) in [5.41, 5.74) is 6.94. The van der Waals surface area contributed by atoms with Crippen molar-refractivity contribution in [3.8, 4) is 0 Å². The fourth-order valence-corrected chi connectivity index (χ4v) is 1.13. The molecule has 0 atom stereocenters. The van der Waals surface area contributed by atoms with Crippen LogP contribution >= 0.6 is 12.2 Å². The van der Waals surface area contributed by atoms with Crippen LogP contribution in [0.25, 0.3) is 0 Å². The Morgan fingerprint density at radius 3 is 2.86 bits per heavy atom. The molecule has 4 heteroatoms.